The van der Waals surface area contributed by atoms with Crippen LogP contribution in [0.2, 0.25) is 0 Å². The summed E-state index contributed by atoms with van der Waals surface area (Å²) in [4.78, 5) is 12.0. The second kappa shape index (κ2) is 7.64. The van der Waals surface area contributed by atoms with E-state index in [4.69, 9.17) is 14.5 Å². The van der Waals surface area contributed by atoms with Gasteiger partial charge in [0.1, 0.15) is 6.04 Å². The molecule has 4 rings (SSSR count). The zero-order valence-electron chi connectivity index (χ0n) is 17.1. The predicted molar refractivity (Wildman–Crippen MR) is 109 cm³/mol. The standard InChI is InChI=1S/C21H29N5O2/c1-15-19(16-5-6-17(22-14-16)13-21(2,3)27-4)26-20(24-15)18(7-8-23-26)25-9-11-28-12-10-25/h5-8,14-15,19H,9-13H2,1-4H3. The fraction of sp³-hybridized carbons (Fsp3) is 0.571. The first-order valence-corrected chi connectivity index (χ1v) is 9.93. The van der Waals surface area contributed by atoms with Gasteiger partial charge in [-0.15, -0.1) is 0 Å². The summed E-state index contributed by atoms with van der Waals surface area (Å²) < 4.78 is 11.0. The molecule has 0 N–H and O–H groups in total. The summed E-state index contributed by atoms with van der Waals surface area (Å²) in [5, 5.41) is 6.68. The van der Waals surface area contributed by atoms with Crippen molar-refractivity contribution in [1.82, 2.24) is 14.9 Å². The number of morpholine rings is 1. The Hall–Kier alpha value is -2.25. The largest absolute Gasteiger partial charge is 0.378 e. The summed E-state index contributed by atoms with van der Waals surface area (Å²) in [6, 6.07) is 4.41. The van der Waals surface area contributed by atoms with Crippen LogP contribution in [0.3, 0.4) is 0 Å². The molecule has 2 atom stereocenters. The second-order valence-electron chi connectivity index (χ2n) is 8.12. The molecular weight excluding hydrogens is 354 g/mol. The zero-order valence-corrected chi connectivity index (χ0v) is 17.1. The van der Waals surface area contributed by atoms with E-state index in [-0.39, 0.29) is 17.7 Å². The first kappa shape index (κ1) is 19.1. The van der Waals surface area contributed by atoms with Crippen molar-refractivity contribution in [1.29, 1.82) is 0 Å². The highest BCUT2D eigenvalue weighted by Gasteiger charge is 2.39. The van der Waals surface area contributed by atoms with Gasteiger partial charge in [0.2, 0.25) is 0 Å². The Morgan fingerprint density at radius 1 is 1.25 bits per heavy atom. The third-order valence-corrected chi connectivity index (χ3v) is 5.62. The minimum atomic E-state index is -0.222. The van der Waals surface area contributed by atoms with E-state index < -0.39 is 0 Å². The Morgan fingerprint density at radius 3 is 2.71 bits per heavy atom. The number of nitrogens with zero attached hydrogens (tertiary/aromatic N) is 5. The molecule has 7 heteroatoms. The molecule has 0 aliphatic carbocycles. The van der Waals surface area contributed by atoms with Crippen LogP contribution in [0, 0.1) is 0 Å². The average Bonchev–Trinajstić information content (AvgIpc) is 3.05. The van der Waals surface area contributed by atoms with Crippen LogP contribution in [-0.2, 0) is 15.9 Å². The summed E-state index contributed by atoms with van der Waals surface area (Å²) in [7, 11) is 1.74. The zero-order chi connectivity index (χ0) is 19.7. The van der Waals surface area contributed by atoms with Crippen LogP contribution in [0.5, 0.6) is 0 Å². The second-order valence-corrected chi connectivity index (χ2v) is 8.12. The van der Waals surface area contributed by atoms with Crippen molar-refractivity contribution in [2.75, 3.05) is 33.4 Å². The lowest BCUT2D eigenvalue weighted by Crippen LogP contribution is -2.42. The third-order valence-electron chi connectivity index (χ3n) is 5.62. The number of aliphatic imine (C=N–C) groups is 1. The molecule has 0 saturated carbocycles. The molecule has 3 aliphatic heterocycles. The van der Waals surface area contributed by atoms with Crippen molar-refractivity contribution in [3.05, 3.63) is 41.4 Å². The smallest absolute Gasteiger partial charge is 0.169 e. The van der Waals surface area contributed by atoms with E-state index in [1.807, 2.05) is 17.4 Å². The highest BCUT2D eigenvalue weighted by atomic mass is 16.5. The predicted octanol–water partition coefficient (Wildman–Crippen LogP) is 2.41. The van der Waals surface area contributed by atoms with Gasteiger partial charge >= 0.3 is 0 Å². The molecule has 1 fully saturated rings. The van der Waals surface area contributed by atoms with Crippen LogP contribution in [0.4, 0.5) is 0 Å². The number of hydrogen-bond acceptors (Lipinski definition) is 7. The number of fused-ring (bicyclic) bond motifs is 1. The van der Waals surface area contributed by atoms with Gasteiger partial charge in [0.15, 0.2) is 5.84 Å². The molecule has 28 heavy (non-hydrogen) atoms. The molecule has 1 aromatic rings. The highest BCUT2D eigenvalue weighted by Crippen LogP contribution is 2.36. The van der Waals surface area contributed by atoms with Gasteiger partial charge < -0.3 is 14.4 Å². The lowest BCUT2D eigenvalue weighted by Gasteiger charge is -2.35. The third kappa shape index (κ3) is 3.69. The van der Waals surface area contributed by atoms with Crippen molar-refractivity contribution in [2.24, 2.45) is 10.1 Å². The maximum Gasteiger partial charge on any atom is 0.169 e. The van der Waals surface area contributed by atoms with Crippen molar-refractivity contribution >= 4 is 12.1 Å². The molecule has 0 radical (unpaired) electrons. The molecule has 4 heterocycles. The van der Waals surface area contributed by atoms with E-state index in [2.05, 4.69) is 54.0 Å². The Labute approximate surface area is 166 Å². The van der Waals surface area contributed by atoms with Gasteiger partial charge in [-0.25, -0.2) is 5.01 Å². The lowest BCUT2D eigenvalue weighted by molar-refractivity contribution is 0.0224. The van der Waals surface area contributed by atoms with E-state index in [0.29, 0.717) is 0 Å². The first-order chi connectivity index (χ1) is 13.5. The molecule has 0 amide bonds. The number of amidine groups is 1. The van der Waals surface area contributed by atoms with Gasteiger partial charge in [0.25, 0.3) is 0 Å². The minimum absolute atomic E-state index is 0.0629. The summed E-state index contributed by atoms with van der Waals surface area (Å²) >= 11 is 0. The van der Waals surface area contributed by atoms with Gasteiger partial charge in [-0.1, -0.05) is 6.07 Å². The van der Waals surface area contributed by atoms with Crippen molar-refractivity contribution in [3.63, 3.8) is 0 Å². The van der Waals surface area contributed by atoms with E-state index in [9.17, 15) is 0 Å². The minimum Gasteiger partial charge on any atom is -0.378 e. The Kier molecular flexibility index (Phi) is 5.21. The molecule has 0 spiro atoms. The molecule has 2 unspecified atom stereocenters. The molecule has 1 aromatic heterocycles. The Balaban J connectivity index is 1.53. The van der Waals surface area contributed by atoms with Crippen LogP contribution in [0.25, 0.3) is 0 Å². The number of allylic oxidation sites excluding steroid dienone is 1. The Bertz CT molecular complexity index is 794. The van der Waals surface area contributed by atoms with E-state index in [0.717, 1.165) is 55.5 Å². The molecular formula is C21H29N5O2. The maximum absolute atomic E-state index is 5.52. The summed E-state index contributed by atoms with van der Waals surface area (Å²) in [5.41, 5.74) is 3.07. The fourth-order valence-corrected chi connectivity index (χ4v) is 3.91. The SMILES string of the molecule is COC(C)(C)Cc1ccc(C2C(C)N=C3C(N4CCOCC4)=CC=NN32)cn1. The molecule has 150 valence electrons. The normalized spacial score (nSPS) is 24.9. The fourth-order valence-electron chi connectivity index (χ4n) is 3.91. The highest BCUT2D eigenvalue weighted by molar-refractivity contribution is 6.04. The van der Waals surface area contributed by atoms with Gasteiger partial charge in [-0.05, 0) is 38.5 Å². The van der Waals surface area contributed by atoms with Gasteiger partial charge in [-0.3, -0.25) is 9.98 Å². The molecule has 0 bridgehead atoms. The summed E-state index contributed by atoms with van der Waals surface area (Å²) in [5.74, 6) is 0.950. The van der Waals surface area contributed by atoms with Crippen LogP contribution in [-0.4, -0.2) is 72.0 Å². The Morgan fingerprint density at radius 2 is 2.04 bits per heavy atom. The summed E-state index contributed by atoms with van der Waals surface area (Å²) in [6.07, 6.45) is 6.67. The maximum atomic E-state index is 5.52. The van der Waals surface area contributed by atoms with E-state index in [1.54, 1.807) is 7.11 Å². The van der Waals surface area contributed by atoms with Crippen molar-refractivity contribution in [3.8, 4) is 0 Å². The van der Waals surface area contributed by atoms with Crippen LogP contribution >= 0.6 is 0 Å². The first-order valence-electron chi connectivity index (χ1n) is 9.93. The van der Waals surface area contributed by atoms with Gasteiger partial charge in [0, 0.05) is 44.7 Å². The molecule has 0 aromatic carbocycles. The van der Waals surface area contributed by atoms with E-state index in [1.165, 1.54) is 0 Å². The van der Waals surface area contributed by atoms with Gasteiger partial charge in [-0.2, -0.15) is 5.10 Å². The number of rotatable bonds is 5. The van der Waals surface area contributed by atoms with Crippen molar-refractivity contribution in [2.45, 2.75) is 44.9 Å². The topological polar surface area (TPSA) is 62.6 Å². The van der Waals surface area contributed by atoms with Crippen LogP contribution in [0.1, 0.15) is 38.1 Å². The number of ether oxygens (including phenoxy) is 2. The molecule has 3 aliphatic rings. The van der Waals surface area contributed by atoms with E-state index >= 15 is 0 Å². The quantitative estimate of drug-likeness (QED) is 0.781. The van der Waals surface area contributed by atoms with Crippen molar-refractivity contribution < 1.29 is 9.47 Å². The average molecular weight is 383 g/mol. The molecule has 1 saturated heterocycles. The monoisotopic (exact) mass is 383 g/mol. The number of hydrazone groups is 1. The number of hydrogen-bond donors (Lipinski definition) is 0. The van der Waals surface area contributed by atoms with Crippen LogP contribution in [0.15, 0.2) is 40.2 Å². The number of methoxy groups -OCH3 is 1. The number of aromatic nitrogens is 1. The van der Waals surface area contributed by atoms with Crippen LogP contribution < -0.4 is 0 Å². The van der Waals surface area contributed by atoms with Gasteiger partial charge in [0.05, 0.1) is 30.6 Å². The molecule has 7 nitrogen and oxygen atoms in total. The number of pyridine rings is 1. The summed E-state index contributed by atoms with van der Waals surface area (Å²) in [6.45, 7) is 9.57. The lowest BCUT2D eigenvalue weighted by atomic mass is 9.99.